The predicted octanol–water partition coefficient (Wildman–Crippen LogP) is 4.32. The summed E-state index contributed by atoms with van der Waals surface area (Å²) < 4.78 is 10.3. The van der Waals surface area contributed by atoms with E-state index in [0.717, 1.165) is 4.90 Å². The third kappa shape index (κ3) is 18.1. The second kappa shape index (κ2) is 31.0. The number of ether oxygens (including phenoxy) is 2. The zero-order valence-electron chi connectivity index (χ0n) is 25.9. The maximum absolute atomic E-state index is 12.3. The molecule has 13 nitrogen and oxygen atoms in total. The number of anilines is 4. The Morgan fingerprint density at radius 3 is 1.63 bits per heavy atom. The maximum Gasteiger partial charge on any atom is 2.00 e. The summed E-state index contributed by atoms with van der Waals surface area (Å²) in [5.41, 5.74) is 0.470. The molecular formula is C30H26N8O5U2V2W2-4. The van der Waals surface area contributed by atoms with Gasteiger partial charge in [0.05, 0.1) is 0 Å². The van der Waals surface area contributed by atoms with Crippen LogP contribution in [0.25, 0.3) is 0 Å². The van der Waals surface area contributed by atoms with Gasteiger partial charge < -0.3 is 92.6 Å². The second-order valence-electron chi connectivity index (χ2n) is 7.82. The molecule has 0 aliphatic heterocycles. The molecule has 4 rings (SSSR count). The maximum atomic E-state index is 12.3. The number of rotatable bonds is 10. The summed E-state index contributed by atoms with van der Waals surface area (Å²) in [5.74, 6) is 1.19. The van der Waals surface area contributed by atoms with Crippen LogP contribution in [0.2, 0.25) is 0 Å². The second-order valence-corrected chi connectivity index (χ2v) is 7.82. The van der Waals surface area contributed by atoms with Crippen LogP contribution in [-0.4, -0.2) is 52.5 Å². The van der Waals surface area contributed by atoms with Crippen molar-refractivity contribution < 1.29 is 165 Å². The van der Waals surface area contributed by atoms with Crippen molar-refractivity contribution in [1.82, 2.24) is 19.9 Å². The number of nitrogens with zero attached hydrogens (tertiary/aromatic N) is 6. The summed E-state index contributed by atoms with van der Waals surface area (Å²) in [7, 11) is 2.97. The number of amides is 4. The number of hydrogen-bond donors (Lipinski definition) is 2. The number of carbonyl (C=O) groups excluding carboxylic acids is 3. The number of hydrogen-bond acceptors (Lipinski definition) is 9. The fourth-order valence-corrected chi connectivity index (χ4v) is 3.20. The number of methoxy groups -OCH3 is 2. The standard InChI is InChI=1S/C16H16N4O3.C14H10N4O2.2U.2V.2W/c1-4-20(16(21)19-13-9-5-6-11-17-13)14-10-7-8-12(18-14)15(22-2)23-3;1-2-18(13-8-5-6-11(10-19)16-13)14(20)17-12-7-3-4-9-15-12;;;;;;/h4-7,9,11,15H,1H2,2-3H3,(H,17,19,21);2-5,7,9-10H,1H2,(H,15,17,20);;;;;;/q2*-4;;;2*+2;;. The monoisotopic (exact) mass is 1520 g/mol. The first kappa shape index (κ1) is 55.1. The van der Waals surface area contributed by atoms with Gasteiger partial charge in [0.15, 0.2) is 6.29 Å². The third-order valence-corrected chi connectivity index (χ3v) is 5.12. The molecule has 0 saturated heterocycles. The van der Waals surface area contributed by atoms with Crippen LogP contribution in [0.4, 0.5) is 32.9 Å². The van der Waals surface area contributed by atoms with Crippen molar-refractivity contribution in [3.63, 3.8) is 0 Å². The largest absolute Gasteiger partial charge is 2.00 e. The number of pyridine rings is 4. The van der Waals surface area contributed by atoms with E-state index < -0.39 is 18.4 Å². The van der Waals surface area contributed by atoms with E-state index in [1.165, 1.54) is 44.3 Å². The summed E-state index contributed by atoms with van der Waals surface area (Å²) in [6, 6.07) is 23.2. The zero-order valence-corrected chi connectivity index (χ0v) is 42.9. The molecule has 0 fully saturated rings. The van der Waals surface area contributed by atoms with Crippen molar-refractivity contribution in [3.05, 3.63) is 124 Å². The molecule has 4 amide bonds. The Hall–Kier alpha value is -0.621. The minimum Gasteiger partial charge on any atom is -0.492 e. The summed E-state index contributed by atoms with van der Waals surface area (Å²) in [6.07, 6.45) is 2.99. The van der Waals surface area contributed by atoms with Gasteiger partial charge in [-0.3, -0.25) is 25.0 Å². The number of aldehydes is 1. The van der Waals surface area contributed by atoms with Gasteiger partial charge in [-0.05, 0) is 24.3 Å². The van der Waals surface area contributed by atoms with Crippen LogP contribution in [0.1, 0.15) is 22.5 Å². The van der Waals surface area contributed by atoms with Gasteiger partial charge in [0, 0.05) is 131 Å². The van der Waals surface area contributed by atoms with Gasteiger partial charge in [-0.25, -0.2) is 9.97 Å². The van der Waals surface area contributed by atoms with Gasteiger partial charge in [0.25, 0.3) is 12.1 Å². The van der Waals surface area contributed by atoms with Crippen molar-refractivity contribution in [3.8, 4) is 0 Å². The van der Waals surface area contributed by atoms with E-state index in [1.807, 2.05) is 0 Å². The fourth-order valence-electron chi connectivity index (χ4n) is 3.20. The van der Waals surface area contributed by atoms with Crippen LogP contribution >= 0.6 is 0 Å². The van der Waals surface area contributed by atoms with E-state index in [1.54, 1.807) is 48.8 Å². The molecule has 4 heterocycles. The molecule has 4 aromatic rings. The summed E-state index contributed by atoms with van der Waals surface area (Å²) in [6.45, 7) is 9.77. The molecule has 0 aliphatic carbocycles. The van der Waals surface area contributed by atoms with Gasteiger partial charge in [-0.15, -0.1) is 0 Å². The van der Waals surface area contributed by atoms with Gasteiger partial charge >= 0.3 is 37.1 Å². The van der Waals surface area contributed by atoms with E-state index in [-0.39, 0.29) is 159 Å². The van der Waals surface area contributed by atoms with Gasteiger partial charge in [-0.1, -0.05) is 35.2 Å². The van der Waals surface area contributed by atoms with Gasteiger partial charge in [0.1, 0.15) is 17.9 Å². The van der Waals surface area contributed by atoms with Crippen molar-refractivity contribution in [2.45, 2.75) is 6.29 Å². The first-order valence-electron chi connectivity index (χ1n) is 12.3. The molecular weight excluding hydrogens is 1500 g/mol. The Morgan fingerprint density at radius 2 is 1.24 bits per heavy atom. The molecule has 0 saturated carbocycles. The van der Waals surface area contributed by atoms with Crippen molar-refractivity contribution in [2.24, 2.45) is 0 Å². The van der Waals surface area contributed by atoms with Crippen molar-refractivity contribution in [2.75, 3.05) is 34.7 Å². The molecule has 2 radical (unpaired) electrons. The third-order valence-electron chi connectivity index (χ3n) is 5.12. The Morgan fingerprint density at radius 1 is 0.796 bits per heavy atom. The molecule has 0 aromatic carbocycles. The smallest absolute Gasteiger partial charge is 0.492 e. The molecule has 2 N–H and O–H groups in total. The number of nitrogens with one attached hydrogen (secondary N) is 2. The Balaban J connectivity index is -0.000000371. The first-order valence-corrected chi connectivity index (χ1v) is 12.3. The molecule has 0 unspecified atom stereocenters. The normalized spacial score (nSPS) is 9.00. The van der Waals surface area contributed by atoms with E-state index >= 15 is 0 Å². The molecule has 0 bridgehead atoms. The Labute approximate surface area is 386 Å². The minimum absolute atomic E-state index is 0. The first-order chi connectivity index (χ1) is 20.9. The topological polar surface area (TPSA) is 152 Å². The molecule has 19 heteroatoms. The molecule has 0 aliphatic rings. The molecule has 4 aromatic heterocycles. The van der Waals surface area contributed by atoms with Gasteiger partial charge in [-0.2, -0.15) is 0 Å². The quantitative estimate of drug-likeness (QED) is 0.135. The molecule has 0 atom stereocenters. The summed E-state index contributed by atoms with van der Waals surface area (Å²) in [5, 5.41) is 5.21. The van der Waals surface area contributed by atoms with Crippen molar-refractivity contribution >= 4 is 41.6 Å². The number of urea groups is 2. The van der Waals surface area contributed by atoms with Gasteiger partial charge in [0.2, 0.25) is 0 Å². The van der Waals surface area contributed by atoms with E-state index in [0.29, 0.717) is 23.6 Å². The van der Waals surface area contributed by atoms with Crippen LogP contribution < -0.4 is 20.4 Å². The van der Waals surface area contributed by atoms with Crippen LogP contribution in [-0.2, 0) is 88.7 Å². The molecule has 0 spiro atoms. The van der Waals surface area contributed by atoms with Crippen LogP contribution in [0, 0.1) is 113 Å². The minimum atomic E-state index is -0.686. The predicted molar refractivity (Wildman–Crippen MR) is 157 cm³/mol. The summed E-state index contributed by atoms with van der Waals surface area (Å²) >= 11 is 0. The van der Waals surface area contributed by atoms with Crippen molar-refractivity contribution in [1.29, 1.82) is 0 Å². The number of aromatic nitrogens is 4. The van der Waals surface area contributed by atoms with Crippen LogP contribution in [0.15, 0.2) is 60.9 Å². The fraction of sp³-hybridized carbons (Fsp3) is 0.100. The molecule has 250 valence electrons. The Kier molecular flexibility index (Phi) is 34.8. The zero-order chi connectivity index (χ0) is 31.0. The van der Waals surface area contributed by atoms with Crippen LogP contribution in [0.5, 0.6) is 0 Å². The SMILES string of the molecule is [CH2-][CH-]N(C(=O)Nc1ccccn1)c1[c-]c[c-]c(C(OC)OC)n1.[CH2-][CH-]N(C(=O)Nc1ccccn1)c1[c-]c[c-]c(C=O)n1.[U].[U].[V+2].[V+2].[W].[W]. The average Bonchev–Trinajstić information content (AvgIpc) is 3.04. The molecule has 49 heavy (non-hydrogen) atoms. The average molecular weight is 1520 g/mol. The van der Waals surface area contributed by atoms with E-state index in [4.69, 9.17) is 9.47 Å². The Bertz CT molecular complexity index is 1490. The van der Waals surface area contributed by atoms with Crippen LogP contribution in [0.3, 0.4) is 0 Å². The van der Waals surface area contributed by atoms with E-state index in [2.05, 4.69) is 68.7 Å². The summed E-state index contributed by atoms with van der Waals surface area (Å²) in [4.78, 5) is 53.6. The number of carbonyl (C=O) groups is 3. The van der Waals surface area contributed by atoms with E-state index in [9.17, 15) is 14.4 Å².